The molecule has 1 heterocycles. The van der Waals surface area contributed by atoms with Crippen molar-refractivity contribution in [3.63, 3.8) is 0 Å². The van der Waals surface area contributed by atoms with Gasteiger partial charge in [0.25, 0.3) is 0 Å². The van der Waals surface area contributed by atoms with Gasteiger partial charge in [0, 0.05) is 44.8 Å². The van der Waals surface area contributed by atoms with Gasteiger partial charge in [0.2, 0.25) is 5.91 Å². The van der Waals surface area contributed by atoms with E-state index in [4.69, 9.17) is 11.6 Å². The molecule has 1 aromatic carbocycles. The van der Waals surface area contributed by atoms with Crippen LogP contribution in [-0.4, -0.2) is 79.9 Å². The Balaban J connectivity index is 0.00000338. The zero-order chi connectivity index (χ0) is 18.2. The Bertz CT molecular complexity index is 596. The third-order valence-corrected chi connectivity index (χ3v) is 4.69. The van der Waals surface area contributed by atoms with Gasteiger partial charge < -0.3 is 20.0 Å². The fraction of sp³-hybridized carbons (Fsp3) is 0.556. The molecule has 0 unspecified atom stereocenters. The summed E-state index contributed by atoms with van der Waals surface area (Å²) in [6.45, 7) is 7.36. The fourth-order valence-corrected chi connectivity index (χ4v) is 2.84. The molecule has 6 nitrogen and oxygen atoms in total. The molecule has 0 radical (unpaired) electrons. The number of guanidine groups is 1. The van der Waals surface area contributed by atoms with E-state index < -0.39 is 0 Å². The quantitative estimate of drug-likeness (QED) is 0.375. The fourth-order valence-electron chi connectivity index (χ4n) is 2.72. The molecule has 8 heteroatoms. The first-order valence-corrected chi connectivity index (χ1v) is 9.07. The van der Waals surface area contributed by atoms with Crippen LogP contribution in [0, 0.1) is 0 Å². The molecule has 1 aliphatic heterocycles. The van der Waals surface area contributed by atoms with Crippen molar-refractivity contribution in [1.29, 1.82) is 0 Å². The number of aliphatic imine (C=N–C) groups is 1. The van der Waals surface area contributed by atoms with Gasteiger partial charge in [-0.15, -0.1) is 24.0 Å². The highest BCUT2D eigenvalue weighted by Crippen LogP contribution is 2.13. The Labute approximate surface area is 178 Å². The first-order valence-electron chi connectivity index (χ1n) is 8.69. The summed E-state index contributed by atoms with van der Waals surface area (Å²) in [5, 5.41) is 4.06. The number of hydrogen-bond donors (Lipinski definition) is 1. The minimum absolute atomic E-state index is 0. The third kappa shape index (κ3) is 6.92. The smallest absolute Gasteiger partial charge is 0.242 e. The molecule has 26 heavy (non-hydrogen) atoms. The molecule has 1 fully saturated rings. The van der Waals surface area contributed by atoms with E-state index in [2.05, 4.69) is 29.2 Å². The predicted octanol–water partition coefficient (Wildman–Crippen LogP) is 2.13. The summed E-state index contributed by atoms with van der Waals surface area (Å²) in [5.41, 5.74) is 1.09. The normalized spacial score (nSPS) is 15.3. The van der Waals surface area contributed by atoms with E-state index in [0.717, 1.165) is 37.7 Å². The van der Waals surface area contributed by atoms with Crippen molar-refractivity contribution < 1.29 is 4.79 Å². The first-order chi connectivity index (χ1) is 12.0. The molecule has 0 spiro atoms. The summed E-state index contributed by atoms with van der Waals surface area (Å²) in [4.78, 5) is 22.9. The second-order valence-electron chi connectivity index (χ2n) is 6.23. The number of rotatable bonds is 6. The number of piperazine rings is 1. The van der Waals surface area contributed by atoms with Gasteiger partial charge in [-0.3, -0.25) is 9.79 Å². The van der Waals surface area contributed by atoms with E-state index in [0.29, 0.717) is 24.7 Å². The molecule has 0 saturated carbocycles. The zero-order valence-electron chi connectivity index (χ0n) is 15.7. The molecule has 0 aliphatic carbocycles. The van der Waals surface area contributed by atoms with Gasteiger partial charge in [-0.25, -0.2) is 0 Å². The molecular weight excluding hydrogens is 465 g/mol. The lowest BCUT2D eigenvalue weighted by Gasteiger charge is -2.36. The van der Waals surface area contributed by atoms with Crippen molar-refractivity contribution in [3.8, 4) is 0 Å². The molecule has 1 N–H and O–H groups in total. The van der Waals surface area contributed by atoms with Crippen LogP contribution in [0.25, 0.3) is 0 Å². The maximum Gasteiger partial charge on any atom is 0.242 e. The lowest BCUT2D eigenvalue weighted by atomic mass is 10.2. The second kappa shape index (κ2) is 11.6. The summed E-state index contributed by atoms with van der Waals surface area (Å²) in [7, 11) is 3.85. The lowest BCUT2D eigenvalue weighted by Crippen LogP contribution is -2.55. The van der Waals surface area contributed by atoms with Crippen molar-refractivity contribution in [2.75, 3.05) is 53.4 Å². The lowest BCUT2D eigenvalue weighted by molar-refractivity contribution is -0.135. The molecule has 1 amide bonds. The second-order valence-corrected chi connectivity index (χ2v) is 6.67. The number of carbonyl (C=O) groups is 1. The van der Waals surface area contributed by atoms with E-state index in [1.54, 1.807) is 7.05 Å². The largest absolute Gasteiger partial charge is 0.355 e. The average molecular weight is 494 g/mol. The number of likely N-dealkylation sites (N-methyl/N-ethyl adjacent to an activating group) is 1. The van der Waals surface area contributed by atoms with Crippen molar-refractivity contribution in [3.05, 3.63) is 34.9 Å². The van der Waals surface area contributed by atoms with Gasteiger partial charge >= 0.3 is 0 Å². The molecule has 0 atom stereocenters. The maximum absolute atomic E-state index is 12.5. The van der Waals surface area contributed by atoms with Crippen molar-refractivity contribution in [2.24, 2.45) is 4.99 Å². The summed E-state index contributed by atoms with van der Waals surface area (Å²) < 4.78 is 0. The zero-order valence-corrected chi connectivity index (χ0v) is 18.8. The van der Waals surface area contributed by atoms with Crippen LogP contribution in [0.1, 0.15) is 12.5 Å². The highest BCUT2D eigenvalue weighted by molar-refractivity contribution is 14.0. The van der Waals surface area contributed by atoms with Crippen LogP contribution < -0.4 is 5.32 Å². The van der Waals surface area contributed by atoms with Crippen molar-refractivity contribution in [1.82, 2.24) is 20.0 Å². The Morgan fingerprint density at radius 2 is 2.00 bits per heavy atom. The summed E-state index contributed by atoms with van der Waals surface area (Å²) >= 11 is 5.91. The van der Waals surface area contributed by atoms with Crippen LogP contribution in [0.5, 0.6) is 0 Å². The highest BCUT2D eigenvalue weighted by Gasteiger charge is 2.25. The summed E-state index contributed by atoms with van der Waals surface area (Å²) in [6.07, 6.45) is 0. The summed E-state index contributed by atoms with van der Waals surface area (Å²) in [5.74, 6) is 0.916. The molecule has 0 aromatic heterocycles. The molecule has 1 saturated heterocycles. The van der Waals surface area contributed by atoms with Crippen molar-refractivity contribution in [2.45, 2.75) is 13.5 Å². The number of nitrogens with zero attached hydrogens (tertiary/aromatic N) is 4. The van der Waals surface area contributed by atoms with Crippen LogP contribution in [0.15, 0.2) is 29.3 Å². The molecule has 146 valence electrons. The van der Waals surface area contributed by atoms with Gasteiger partial charge in [-0.2, -0.15) is 0 Å². The van der Waals surface area contributed by atoms with Crippen LogP contribution in [0.3, 0.4) is 0 Å². The van der Waals surface area contributed by atoms with E-state index in [1.807, 2.05) is 34.1 Å². The standard InChI is InChI=1S/C18H28ClN5O.HI/c1-4-22(3)10-9-21-18(20-2)24-12-11-23(17(25)14-24)13-15-5-7-16(19)8-6-15;/h5-8H,4,9-14H2,1-3H3,(H,20,21);1H. The molecular formula is C18H29ClIN5O. The first kappa shape index (κ1) is 23.0. The minimum atomic E-state index is 0. The van der Waals surface area contributed by atoms with Crippen molar-refractivity contribution >= 4 is 47.4 Å². The number of benzene rings is 1. The Hall–Kier alpha value is -1.06. The van der Waals surface area contributed by atoms with E-state index in [-0.39, 0.29) is 29.9 Å². The summed E-state index contributed by atoms with van der Waals surface area (Å²) in [6, 6.07) is 7.65. The highest BCUT2D eigenvalue weighted by atomic mass is 127. The Morgan fingerprint density at radius 3 is 2.58 bits per heavy atom. The van der Waals surface area contributed by atoms with E-state index >= 15 is 0 Å². The van der Waals surface area contributed by atoms with Gasteiger partial charge in [-0.05, 0) is 31.3 Å². The minimum Gasteiger partial charge on any atom is -0.355 e. The molecule has 0 bridgehead atoms. The predicted molar refractivity (Wildman–Crippen MR) is 118 cm³/mol. The number of hydrogen-bond acceptors (Lipinski definition) is 3. The third-order valence-electron chi connectivity index (χ3n) is 4.43. The Morgan fingerprint density at radius 1 is 1.31 bits per heavy atom. The number of nitrogens with one attached hydrogen (secondary N) is 1. The average Bonchev–Trinajstić information content (AvgIpc) is 2.62. The molecule has 2 rings (SSSR count). The van der Waals surface area contributed by atoms with Gasteiger partial charge in [0.15, 0.2) is 5.96 Å². The molecule has 1 aliphatic rings. The monoisotopic (exact) mass is 493 g/mol. The topological polar surface area (TPSA) is 51.2 Å². The van der Waals surface area contributed by atoms with Gasteiger partial charge in [-0.1, -0.05) is 30.7 Å². The van der Waals surface area contributed by atoms with Crippen LogP contribution >= 0.6 is 35.6 Å². The van der Waals surface area contributed by atoms with E-state index in [9.17, 15) is 4.79 Å². The van der Waals surface area contributed by atoms with Crippen LogP contribution in [0.2, 0.25) is 5.02 Å². The van der Waals surface area contributed by atoms with E-state index in [1.165, 1.54) is 0 Å². The van der Waals surface area contributed by atoms with Gasteiger partial charge in [0.05, 0.1) is 6.54 Å². The van der Waals surface area contributed by atoms with Gasteiger partial charge in [0.1, 0.15) is 0 Å². The number of halogens is 2. The molecule has 1 aromatic rings. The van der Waals surface area contributed by atoms with Crippen LogP contribution in [-0.2, 0) is 11.3 Å². The maximum atomic E-state index is 12.5. The number of carbonyl (C=O) groups excluding carboxylic acids is 1. The Kier molecular flexibility index (Phi) is 10.3. The van der Waals surface area contributed by atoms with Crippen LogP contribution in [0.4, 0.5) is 0 Å². The SMILES string of the molecule is CCN(C)CCNC(=NC)N1CCN(Cc2ccc(Cl)cc2)C(=O)C1.I. The number of amides is 1.